The fourth-order valence-corrected chi connectivity index (χ4v) is 3.10. The number of alkyl carbamates (subject to hydrolysis) is 1. The van der Waals surface area contributed by atoms with Crippen molar-refractivity contribution < 1.29 is 14.6 Å². The van der Waals surface area contributed by atoms with Crippen LogP contribution in [-0.2, 0) is 10.3 Å². The van der Waals surface area contributed by atoms with Gasteiger partial charge < -0.3 is 15.2 Å². The quantitative estimate of drug-likeness (QED) is 0.687. The third kappa shape index (κ3) is 4.78. The lowest BCUT2D eigenvalue weighted by atomic mass is 9.82. The first kappa shape index (κ1) is 20.5. The number of aromatic nitrogens is 2. The number of carbonyl (C=O) groups excluding carboxylic acids is 1. The van der Waals surface area contributed by atoms with Crippen LogP contribution in [0.25, 0.3) is 0 Å². The fourth-order valence-electron chi connectivity index (χ4n) is 3.10. The molecule has 3 rings (SSSR count). The van der Waals surface area contributed by atoms with E-state index in [4.69, 9.17) is 4.74 Å². The van der Waals surface area contributed by atoms with Gasteiger partial charge in [-0.3, -0.25) is 9.97 Å². The summed E-state index contributed by atoms with van der Waals surface area (Å²) < 4.78 is 5.45. The highest BCUT2D eigenvalue weighted by molar-refractivity contribution is 5.69. The number of pyridine rings is 2. The summed E-state index contributed by atoms with van der Waals surface area (Å²) in [4.78, 5) is 21.4. The van der Waals surface area contributed by atoms with Crippen LogP contribution in [0.3, 0.4) is 0 Å². The van der Waals surface area contributed by atoms with Crippen molar-refractivity contribution in [3.05, 3.63) is 96.1 Å². The first-order chi connectivity index (χ1) is 13.8. The van der Waals surface area contributed by atoms with Crippen LogP contribution >= 0.6 is 0 Å². The zero-order chi connectivity index (χ0) is 20.9. The van der Waals surface area contributed by atoms with Gasteiger partial charge in [-0.1, -0.05) is 42.5 Å². The molecular weight excluding hydrogens is 366 g/mol. The van der Waals surface area contributed by atoms with Gasteiger partial charge in [0.15, 0.2) is 5.60 Å². The number of ether oxygens (including phenoxy) is 1. The molecule has 0 bridgehead atoms. The van der Waals surface area contributed by atoms with Crippen molar-refractivity contribution in [2.75, 3.05) is 0 Å². The zero-order valence-electron chi connectivity index (χ0n) is 16.7. The lowest BCUT2D eigenvalue weighted by Gasteiger charge is -2.36. The highest BCUT2D eigenvalue weighted by Crippen LogP contribution is 2.39. The lowest BCUT2D eigenvalue weighted by Crippen LogP contribution is -2.47. The number of rotatable bonds is 5. The van der Waals surface area contributed by atoms with E-state index < -0.39 is 23.3 Å². The predicted molar refractivity (Wildman–Crippen MR) is 110 cm³/mol. The summed E-state index contributed by atoms with van der Waals surface area (Å²) in [6, 6.07) is 18.9. The Morgan fingerprint density at radius 1 is 0.897 bits per heavy atom. The fraction of sp³-hybridized carbons (Fsp3) is 0.261. The SMILES string of the molecule is CC(C)(C)OC(=O)NC(c1ccccc1)C(O)(c1ccccn1)c1ccccn1. The van der Waals surface area contributed by atoms with Gasteiger partial charge >= 0.3 is 6.09 Å². The van der Waals surface area contributed by atoms with E-state index in [-0.39, 0.29) is 0 Å². The maximum atomic E-state index is 12.7. The van der Waals surface area contributed by atoms with Gasteiger partial charge in [0.2, 0.25) is 0 Å². The monoisotopic (exact) mass is 391 g/mol. The molecule has 0 saturated carbocycles. The lowest BCUT2D eigenvalue weighted by molar-refractivity contribution is 0.0110. The molecule has 0 aliphatic rings. The number of nitrogens with zero attached hydrogens (tertiary/aromatic N) is 2. The van der Waals surface area contributed by atoms with Crippen LogP contribution in [0.15, 0.2) is 79.1 Å². The van der Waals surface area contributed by atoms with E-state index in [1.165, 1.54) is 0 Å². The van der Waals surface area contributed by atoms with Gasteiger partial charge in [0.1, 0.15) is 5.60 Å². The van der Waals surface area contributed by atoms with Crippen LogP contribution in [0.5, 0.6) is 0 Å². The molecule has 2 heterocycles. The Labute approximate surface area is 170 Å². The molecule has 1 unspecified atom stereocenters. The first-order valence-electron chi connectivity index (χ1n) is 9.40. The van der Waals surface area contributed by atoms with E-state index >= 15 is 0 Å². The van der Waals surface area contributed by atoms with Crippen LogP contribution in [0, 0.1) is 0 Å². The molecule has 29 heavy (non-hydrogen) atoms. The normalized spacial score (nSPS) is 12.8. The highest BCUT2D eigenvalue weighted by Gasteiger charge is 2.45. The average molecular weight is 391 g/mol. The van der Waals surface area contributed by atoms with Crippen molar-refractivity contribution in [2.45, 2.75) is 38.0 Å². The minimum atomic E-state index is -1.72. The van der Waals surface area contributed by atoms with Crippen LogP contribution in [0.4, 0.5) is 4.79 Å². The third-order valence-electron chi connectivity index (χ3n) is 4.32. The molecule has 6 heteroatoms. The number of hydrogen-bond acceptors (Lipinski definition) is 5. The van der Waals surface area contributed by atoms with Gasteiger partial charge in [-0.15, -0.1) is 0 Å². The highest BCUT2D eigenvalue weighted by atomic mass is 16.6. The summed E-state index contributed by atoms with van der Waals surface area (Å²) in [5.41, 5.74) is -0.982. The molecule has 0 saturated heterocycles. The third-order valence-corrected chi connectivity index (χ3v) is 4.32. The summed E-state index contributed by atoms with van der Waals surface area (Å²) >= 11 is 0. The average Bonchev–Trinajstić information content (AvgIpc) is 2.72. The molecule has 2 N–H and O–H groups in total. The van der Waals surface area contributed by atoms with Crippen LogP contribution in [0.1, 0.15) is 43.8 Å². The zero-order valence-corrected chi connectivity index (χ0v) is 16.7. The predicted octanol–water partition coefficient (Wildman–Crippen LogP) is 3.98. The summed E-state index contributed by atoms with van der Waals surface area (Å²) in [7, 11) is 0. The second-order valence-corrected chi connectivity index (χ2v) is 7.69. The van der Waals surface area contributed by atoms with E-state index in [1.54, 1.807) is 69.6 Å². The molecule has 0 aliphatic heterocycles. The first-order valence-corrected chi connectivity index (χ1v) is 9.40. The number of aliphatic hydroxyl groups is 1. The van der Waals surface area contributed by atoms with E-state index in [0.717, 1.165) is 0 Å². The Bertz CT molecular complexity index is 886. The summed E-state index contributed by atoms with van der Waals surface area (Å²) in [6.45, 7) is 5.36. The Balaban J connectivity index is 2.14. The van der Waals surface area contributed by atoms with Gasteiger partial charge in [-0.2, -0.15) is 0 Å². The number of amides is 1. The number of carbonyl (C=O) groups is 1. The second-order valence-electron chi connectivity index (χ2n) is 7.69. The van der Waals surface area contributed by atoms with Crippen LogP contribution < -0.4 is 5.32 Å². The van der Waals surface area contributed by atoms with E-state index in [2.05, 4.69) is 15.3 Å². The molecule has 0 radical (unpaired) electrons. The van der Waals surface area contributed by atoms with Crippen molar-refractivity contribution in [3.8, 4) is 0 Å². The van der Waals surface area contributed by atoms with E-state index in [0.29, 0.717) is 17.0 Å². The largest absolute Gasteiger partial charge is 0.444 e. The second kappa shape index (κ2) is 8.41. The van der Waals surface area contributed by atoms with Gasteiger partial charge in [0, 0.05) is 12.4 Å². The molecule has 6 nitrogen and oxygen atoms in total. The van der Waals surface area contributed by atoms with Crippen LogP contribution in [0.2, 0.25) is 0 Å². The van der Waals surface area contributed by atoms with Crippen molar-refractivity contribution in [3.63, 3.8) is 0 Å². The number of hydrogen-bond donors (Lipinski definition) is 2. The molecule has 1 aromatic carbocycles. The smallest absolute Gasteiger partial charge is 0.408 e. The van der Waals surface area contributed by atoms with Crippen molar-refractivity contribution in [1.29, 1.82) is 0 Å². The topological polar surface area (TPSA) is 84.3 Å². The molecule has 150 valence electrons. The van der Waals surface area contributed by atoms with Gasteiger partial charge in [-0.25, -0.2) is 4.79 Å². The van der Waals surface area contributed by atoms with Crippen molar-refractivity contribution >= 4 is 6.09 Å². The number of benzene rings is 1. The Morgan fingerprint density at radius 3 is 1.86 bits per heavy atom. The minimum Gasteiger partial charge on any atom is -0.444 e. The van der Waals surface area contributed by atoms with Gasteiger partial charge in [0.25, 0.3) is 0 Å². The molecule has 3 aromatic rings. The Hall–Kier alpha value is -3.25. The molecule has 2 aromatic heterocycles. The van der Waals surface area contributed by atoms with E-state index in [9.17, 15) is 9.90 Å². The molecule has 1 amide bonds. The van der Waals surface area contributed by atoms with Crippen molar-refractivity contribution in [2.24, 2.45) is 0 Å². The minimum absolute atomic E-state index is 0.364. The maximum Gasteiger partial charge on any atom is 0.408 e. The molecule has 1 atom stereocenters. The molecular formula is C23H25N3O3. The molecule has 0 fully saturated rings. The summed E-state index contributed by atoms with van der Waals surface area (Å²) in [5.74, 6) is 0. The standard InChI is InChI=1S/C23H25N3O3/c1-22(2,3)29-21(27)26-20(17-11-5-4-6-12-17)23(28,18-13-7-9-15-24-18)19-14-8-10-16-25-19/h4-16,20,28H,1-3H3,(H,26,27). The molecule has 0 spiro atoms. The maximum absolute atomic E-state index is 12.7. The van der Waals surface area contributed by atoms with Gasteiger partial charge in [-0.05, 0) is 50.6 Å². The molecule has 0 aliphatic carbocycles. The number of nitrogens with one attached hydrogen (secondary N) is 1. The van der Waals surface area contributed by atoms with Gasteiger partial charge in [0.05, 0.1) is 17.4 Å². The summed E-state index contributed by atoms with van der Waals surface area (Å²) in [6.07, 6.45) is 2.55. The van der Waals surface area contributed by atoms with Crippen molar-refractivity contribution in [1.82, 2.24) is 15.3 Å². The van der Waals surface area contributed by atoms with Crippen LogP contribution in [-0.4, -0.2) is 26.8 Å². The van der Waals surface area contributed by atoms with E-state index in [1.807, 2.05) is 30.3 Å². The Morgan fingerprint density at radius 2 is 1.41 bits per heavy atom. The summed E-state index contributed by atoms with van der Waals surface area (Å²) in [5, 5.41) is 14.9. The Kier molecular flexibility index (Phi) is 5.94.